The number of unbranched alkanes of at least 4 members (excludes halogenated alkanes) is 2. The van der Waals surface area contributed by atoms with Crippen molar-refractivity contribution in [2.24, 2.45) is 4.99 Å². The largest absolute Gasteiger partial charge is 0.494 e. The molecule has 2 aromatic heterocycles. The molecule has 0 aromatic carbocycles. The number of aromatic nitrogens is 2. The maximum Gasteiger partial charge on any atom is 0.146 e. The van der Waals surface area contributed by atoms with Gasteiger partial charge in [-0.3, -0.25) is 0 Å². The number of nitrogens with one attached hydrogen (secondary N) is 1. The van der Waals surface area contributed by atoms with Gasteiger partial charge < -0.3 is 14.3 Å². The molecule has 0 radical (unpaired) electrons. The van der Waals surface area contributed by atoms with Crippen LogP contribution >= 0.6 is 0 Å². The summed E-state index contributed by atoms with van der Waals surface area (Å²) in [4.78, 5) is 8.18. The number of nitrogens with zero attached hydrogens (tertiary/aromatic N) is 2. The Balaban J connectivity index is 1.73. The first kappa shape index (κ1) is 20.8. The fourth-order valence-corrected chi connectivity index (χ4v) is 4.63. The number of methoxy groups -OCH3 is 1. The van der Waals surface area contributed by atoms with Gasteiger partial charge >= 0.3 is 0 Å². The highest BCUT2D eigenvalue weighted by molar-refractivity contribution is 6.11. The predicted octanol–water partition coefficient (Wildman–Crippen LogP) is 6.43. The maximum absolute atomic E-state index is 5.70. The molecule has 4 rings (SSSR count). The molecule has 2 aromatic rings. The van der Waals surface area contributed by atoms with Crippen LogP contribution in [0.1, 0.15) is 80.9 Å². The SMILES string of the molecule is CCCCCn1c2cc(c1C=C1N=C(c3ccc[nH]3)C=C1OC)CCCCCCC2. The zero-order valence-corrected chi connectivity index (χ0v) is 18.5. The third-order valence-corrected chi connectivity index (χ3v) is 6.30. The summed E-state index contributed by atoms with van der Waals surface area (Å²) in [5.74, 6) is 0.845. The lowest BCUT2D eigenvalue weighted by molar-refractivity contribution is 0.303. The zero-order chi connectivity index (χ0) is 20.8. The van der Waals surface area contributed by atoms with Crippen molar-refractivity contribution in [2.45, 2.75) is 77.7 Å². The van der Waals surface area contributed by atoms with Crippen molar-refractivity contribution in [1.29, 1.82) is 0 Å². The third kappa shape index (κ3) is 4.63. The van der Waals surface area contributed by atoms with Crippen LogP contribution in [0.15, 0.2) is 46.9 Å². The van der Waals surface area contributed by atoms with Gasteiger partial charge in [-0.25, -0.2) is 4.99 Å². The van der Waals surface area contributed by atoms with Crippen LogP contribution in [-0.4, -0.2) is 22.4 Å². The summed E-state index contributed by atoms with van der Waals surface area (Å²) in [6, 6.07) is 6.53. The summed E-state index contributed by atoms with van der Waals surface area (Å²) in [6.45, 7) is 3.37. The summed E-state index contributed by atoms with van der Waals surface area (Å²) in [6.07, 6.45) is 19.0. The Hall–Kier alpha value is -2.49. The maximum atomic E-state index is 5.70. The van der Waals surface area contributed by atoms with E-state index in [9.17, 15) is 0 Å². The second kappa shape index (κ2) is 10.0. The Morgan fingerprint density at radius 2 is 1.97 bits per heavy atom. The molecule has 0 unspecified atom stereocenters. The molecule has 0 atom stereocenters. The first-order valence-electron chi connectivity index (χ1n) is 11.7. The average molecular weight is 406 g/mol. The monoisotopic (exact) mass is 405 g/mol. The number of rotatable bonds is 7. The minimum Gasteiger partial charge on any atom is -0.494 e. The number of aromatic amines is 1. The number of ether oxygens (including phenoxy) is 1. The first-order chi connectivity index (χ1) is 14.8. The average Bonchev–Trinajstić information content (AvgIpc) is 3.49. The standard InChI is InChI=1S/C26H35N3O/c1-3-4-10-16-29-21-13-9-7-5-6-8-12-20(17-21)25(29)18-24-26(30-2)19-23(28-24)22-14-11-15-27-22/h11,14-15,17-19,27H,3-10,12-13,16H2,1-2H3. The molecule has 2 aliphatic rings. The number of hydrogen-bond acceptors (Lipinski definition) is 2. The number of aliphatic imine (C=N–C) groups is 1. The van der Waals surface area contributed by atoms with Gasteiger partial charge in [0, 0.05) is 30.2 Å². The minimum absolute atomic E-state index is 0.845. The molecule has 1 aliphatic carbocycles. The van der Waals surface area contributed by atoms with Crippen LogP contribution in [0.2, 0.25) is 0 Å². The highest BCUT2D eigenvalue weighted by Crippen LogP contribution is 2.30. The van der Waals surface area contributed by atoms with Gasteiger partial charge in [-0.15, -0.1) is 0 Å². The molecule has 0 spiro atoms. The summed E-state index contributed by atoms with van der Waals surface area (Å²) in [5, 5.41) is 0. The second-order valence-corrected chi connectivity index (χ2v) is 8.50. The Kier molecular flexibility index (Phi) is 6.93. The molecule has 1 aliphatic heterocycles. The van der Waals surface area contributed by atoms with Gasteiger partial charge in [-0.1, -0.05) is 39.0 Å². The first-order valence-corrected chi connectivity index (χ1v) is 11.7. The lowest BCUT2D eigenvalue weighted by Gasteiger charge is -2.13. The topological polar surface area (TPSA) is 42.3 Å². The van der Waals surface area contributed by atoms with E-state index in [0.29, 0.717) is 0 Å². The van der Waals surface area contributed by atoms with Crippen LogP contribution in [0.4, 0.5) is 0 Å². The molecular formula is C26H35N3O. The van der Waals surface area contributed by atoms with Crippen molar-refractivity contribution in [1.82, 2.24) is 9.55 Å². The summed E-state index contributed by atoms with van der Waals surface area (Å²) in [7, 11) is 1.74. The van der Waals surface area contributed by atoms with Gasteiger partial charge in [0.1, 0.15) is 11.5 Å². The molecule has 0 saturated heterocycles. The normalized spacial score (nSPS) is 18.4. The van der Waals surface area contributed by atoms with Crippen LogP contribution in [-0.2, 0) is 24.1 Å². The van der Waals surface area contributed by atoms with E-state index in [2.05, 4.69) is 34.7 Å². The van der Waals surface area contributed by atoms with E-state index in [0.717, 1.165) is 35.8 Å². The fraction of sp³-hybridized carbons (Fsp3) is 0.500. The van der Waals surface area contributed by atoms with Crippen LogP contribution in [0, 0.1) is 0 Å². The fourth-order valence-electron chi connectivity index (χ4n) is 4.63. The molecule has 4 nitrogen and oxygen atoms in total. The lowest BCUT2D eigenvalue weighted by atomic mass is 10.0. The second-order valence-electron chi connectivity index (χ2n) is 8.50. The van der Waals surface area contributed by atoms with Crippen LogP contribution < -0.4 is 0 Å². The number of hydrogen-bond donors (Lipinski definition) is 1. The van der Waals surface area contributed by atoms with Gasteiger partial charge in [0.15, 0.2) is 0 Å². The van der Waals surface area contributed by atoms with E-state index in [4.69, 9.17) is 9.73 Å². The van der Waals surface area contributed by atoms with E-state index >= 15 is 0 Å². The quantitative estimate of drug-likeness (QED) is 0.530. The third-order valence-electron chi connectivity index (χ3n) is 6.30. The Morgan fingerprint density at radius 3 is 2.73 bits per heavy atom. The van der Waals surface area contributed by atoms with Gasteiger partial charge in [0.05, 0.1) is 18.5 Å². The Labute approximate surface area is 180 Å². The van der Waals surface area contributed by atoms with Crippen molar-refractivity contribution in [3.8, 4) is 0 Å². The van der Waals surface area contributed by atoms with Crippen LogP contribution in [0.25, 0.3) is 6.08 Å². The molecule has 2 bridgehead atoms. The van der Waals surface area contributed by atoms with E-state index in [1.54, 1.807) is 7.11 Å². The van der Waals surface area contributed by atoms with Crippen LogP contribution in [0.5, 0.6) is 0 Å². The summed E-state index contributed by atoms with van der Waals surface area (Å²) in [5.41, 5.74) is 7.22. The van der Waals surface area contributed by atoms with E-state index in [-0.39, 0.29) is 0 Å². The molecule has 30 heavy (non-hydrogen) atoms. The van der Waals surface area contributed by atoms with Gasteiger partial charge in [0.2, 0.25) is 0 Å². The number of fused-ring (bicyclic) bond motifs is 2. The Morgan fingerprint density at radius 1 is 1.13 bits per heavy atom. The Bertz CT molecular complexity index is 928. The van der Waals surface area contributed by atoms with Crippen molar-refractivity contribution < 1.29 is 4.74 Å². The molecular weight excluding hydrogens is 370 g/mol. The molecule has 1 N–H and O–H groups in total. The minimum atomic E-state index is 0.845. The lowest BCUT2D eigenvalue weighted by Crippen LogP contribution is -2.06. The smallest absolute Gasteiger partial charge is 0.146 e. The number of aryl methyl sites for hydroxylation is 2. The van der Waals surface area contributed by atoms with E-state index in [1.165, 1.54) is 74.7 Å². The molecule has 160 valence electrons. The molecule has 3 heterocycles. The van der Waals surface area contributed by atoms with Crippen molar-refractivity contribution >= 4 is 11.8 Å². The van der Waals surface area contributed by atoms with E-state index in [1.807, 2.05) is 18.3 Å². The van der Waals surface area contributed by atoms with Crippen molar-refractivity contribution in [2.75, 3.05) is 7.11 Å². The molecule has 0 amide bonds. The summed E-state index contributed by atoms with van der Waals surface area (Å²) >= 11 is 0. The van der Waals surface area contributed by atoms with Crippen LogP contribution in [0.3, 0.4) is 0 Å². The zero-order valence-electron chi connectivity index (χ0n) is 18.5. The number of H-pyrrole nitrogens is 1. The molecule has 0 fully saturated rings. The van der Waals surface area contributed by atoms with Gasteiger partial charge in [-0.2, -0.15) is 0 Å². The highest BCUT2D eigenvalue weighted by atomic mass is 16.5. The van der Waals surface area contributed by atoms with Gasteiger partial charge in [-0.05, 0) is 61.9 Å². The number of allylic oxidation sites excluding steroid dienone is 1. The van der Waals surface area contributed by atoms with Crippen molar-refractivity contribution in [3.05, 3.63) is 64.6 Å². The van der Waals surface area contributed by atoms with E-state index < -0.39 is 0 Å². The molecule has 4 heteroatoms. The summed E-state index contributed by atoms with van der Waals surface area (Å²) < 4.78 is 8.29. The predicted molar refractivity (Wildman–Crippen MR) is 125 cm³/mol. The molecule has 0 saturated carbocycles. The van der Waals surface area contributed by atoms with Gasteiger partial charge in [0.25, 0.3) is 0 Å². The van der Waals surface area contributed by atoms with Crippen molar-refractivity contribution in [3.63, 3.8) is 0 Å². The highest BCUT2D eigenvalue weighted by Gasteiger charge is 2.20.